The van der Waals surface area contributed by atoms with Gasteiger partial charge in [0.15, 0.2) is 0 Å². The molecule has 0 unspecified atom stereocenters. The van der Waals surface area contributed by atoms with Crippen LogP contribution >= 0.6 is 23.2 Å². The lowest BCUT2D eigenvalue weighted by Gasteiger charge is -2.12. The summed E-state index contributed by atoms with van der Waals surface area (Å²) in [6.07, 6.45) is -0.0209. The second-order valence-electron chi connectivity index (χ2n) is 4.08. The molecule has 1 aromatic rings. The molecule has 0 atom stereocenters. The van der Waals surface area contributed by atoms with Crippen molar-refractivity contribution in [2.45, 2.75) is 20.0 Å². The first-order chi connectivity index (χ1) is 8.99. The molecule has 5 nitrogen and oxygen atoms in total. The maximum absolute atomic E-state index is 11.7. The highest BCUT2D eigenvalue weighted by atomic mass is 35.5. The van der Waals surface area contributed by atoms with Crippen LogP contribution < -0.4 is 5.32 Å². The Hall–Kier alpha value is -0.950. The fraction of sp³-hybridized carbons (Fsp3) is 0.364. The molecule has 1 aliphatic rings. The quantitative estimate of drug-likeness (QED) is 0.922. The number of ether oxygens (including phenoxy) is 1. The number of carbonyl (C=O) groups excluding carboxylic acids is 1. The Balaban J connectivity index is 2.20. The molecule has 19 heavy (non-hydrogen) atoms. The van der Waals surface area contributed by atoms with Crippen LogP contribution in [-0.2, 0) is 20.9 Å². The summed E-state index contributed by atoms with van der Waals surface area (Å²) in [6, 6.07) is 1.53. The van der Waals surface area contributed by atoms with Crippen molar-refractivity contribution in [3.8, 4) is 0 Å². The number of anilines is 1. The van der Waals surface area contributed by atoms with Gasteiger partial charge in [0.1, 0.15) is 18.0 Å². The molecule has 0 aliphatic carbocycles. The molecular formula is C11H11Cl2N3O2S. The number of amides is 1. The maximum atomic E-state index is 11.7. The number of halogens is 2. The topological polar surface area (TPSA) is 63.0 Å². The number of benzene rings is 1. The molecule has 1 aromatic carbocycles. The Morgan fingerprint density at radius 1 is 1.37 bits per heavy atom. The van der Waals surface area contributed by atoms with Crippen molar-refractivity contribution in [1.82, 2.24) is 0 Å². The lowest BCUT2D eigenvalue weighted by atomic mass is 10.2. The van der Waals surface area contributed by atoms with Gasteiger partial charge in [-0.2, -0.15) is 8.73 Å². The molecule has 2 rings (SSSR count). The van der Waals surface area contributed by atoms with Crippen molar-refractivity contribution in [2.24, 2.45) is 8.73 Å². The van der Waals surface area contributed by atoms with Crippen LogP contribution in [0.1, 0.15) is 13.8 Å². The smallest absolute Gasteiger partial charge is 0.250 e. The van der Waals surface area contributed by atoms with Gasteiger partial charge in [-0.3, -0.25) is 4.79 Å². The van der Waals surface area contributed by atoms with E-state index in [1.807, 2.05) is 13.8 Å². The summed E-state index contributed by atoms with van der Waals surface area (Å²) >= 11 is 13.1. The summed E-state index contributed by atoms with van der Waals surface area (Å²) in [6.45, 7) is 3.66. The minimum Gasteiger partial charge on any atom is -0.369 e. The largest absolute Gasteiger partial charge is 0.369 e. The van der Waals surface area contributed by atoms with Crippen LogP contribution in [0, 0.1) is 0 Å². The predicted molar refractivity (Wildman–Crippen MR) is 77.7 cm³/mol. The molecule has 1 heterocycles. The van der Waals surface area contributed by atoms with Gasteiger partial charge in [-0.15, -0.1) is 0 Å². The second kappa shape index (κ2) is 6.00. The summed E-state index contributed by atoms with van der Waals surface area (Å²) in [4.78, 5) is 11.7. The van der Waals surface area contributed by atoms with Crippen molar-refractivity contribution < 1.29 is 9.53 Å². The minimum atomic E-state index is -0.299. The van der Waals surface area contributed by atoms with Gasteiger partial charge in [0.05, 0.1) is 33.2 Å². The Labute approximate surface area is 124 Å². The molecule has 1 amide bonds. The van der Waals surface area contributed by atoms with Gasteiger partial charge in [-0.05, 0) is 19.9 Å². The number of fused-ring (bicyclic) bond motifs is 1. The third-order valence-electron chi connectivity index (χ3n) is 2.26. The van der Waals surface area contributed by atoms with E-state index in [2.05, 4.69) is 14.0 Å². The zero-order valence-electron chi connectivity index (χ0n) is 10.2. The van der Waals surface area contributed by atoms with Crippen LogP contribution in [0.3, 0.4) is 0 Å². The summed E-state index contributed by atoms with van der Waals surface area (Å²) in [5.74, 6) is -0.299. The highest BCUT2D eigenvalue weighted by Crippen LogP contribution is 2.47. The zero-order valence-corrected chi connectivity index (χ0v) is 12.6. The van der Waals surface area contributed by atoms with Crippen LogP contribution in [-0.4, -0.2) is 18.6 Å². The SMILES string of the molecule is CC(C)OCC(=O)Nc1c(Cl)cc(Cl)c2c1N=S=N2. The Kier molecular flexibility index (Phi) is 4.57. The monoisotopic (exact) mass is 319 g/mol. The first-order valence-electron chi connectivity index (χ1n) is 5.50. The molecule has 8 heteroatoms. The standard InChI is InChI=1S/C11H11Cl2N3O2S/c1-5(2)18-4-8(17)14-9-6(12)3-7(13)10-11(9)16-19-15-10/h3,5H,4H2,1-2H3,(H,14,17). The van der Waals surface area contributed by atoms with Crippen molar-refractivity contribution >= 4 is 57.5 Å². The van der Waals surface area contributed by atoms with Gasteiger partial charge in [-0.25, -0.2) is 0 Å². The highest BCUT2D eigenvalue weighted by Gasteiger charge is 2.20. The summed E-state index contributed by atoms with van der Waals surface area (Å²) in [5, 5.41) is 3.40. The number of nitrogens with one attached hydrogen (secondary N) is 1. The average molecular weight is 320 g/mol. The maximum Gasteiger partial charge on any atom is 0.250 e. The van der Waals surface area contributed by atoms with Crippen LogP contribution in [0.2, 0.25) is 10.0 Å². The van der Waals surface area contributed by atoms with Crippen molar-refractivity contribution in [1.29, 1.82) is 0 Å². The van der Waals surface area contributed by atoms with E-state index in [1.165, 1.54) is 6.07 Å². The number of hydrogen-bond donors (Lipinski definition) is 1. The van der Waals surface area contributed by atoms with Crippen molar-refractivity contribution in [2.75, 3.05) is 11.9 Å². The third-order valence-corrected chi connectivity index (χ3v) is 3.37. The lowest BCUT2D eigenvalue weighted by Crippen LogP contribution is -2.20. The van der Waals surface area contributed by atoms with Crippen LogP contribution in [0.4, 0.5) is 17.1 Å². The van der Waals surface area contributed by atoms with Crippen molar-refractivity contribution in [3.63, 3.8) is 0 Å². The first kappa shape index (κ1) is 14.5. The molecule has 0 saturated carbocycles. The zero-order chi connectivity index (χ0) is 14.0. The van der Waals surface area contributed by atoms with E-state index in [0.717, 1.165) is 11.4 Å². The lowest BCUT2D eigenvalue weighted by molar-refractivity contribution is -0.121. The van der Waals surface area contributed by atoms with Gasteiger partial charge in [0.2, 0.25) is 5.91 Å². The molecule has 1 N–H and O–H groups in total. The second-order valence-corrected chi connectivity index (χ2v) is 5.43. The minimum absolute atomic E-state index is 0.0209. The normalized spacial score (nSPS) is 12.5. The fourth-order valence-electron chi connectivity index (χ4n) is 1.41. The molecule has 0 aromatic heterocycles. The number of nitrogens with zero attached hydrogens (tertiary/aromatic N) is 2. The van der Waals surface area contributed by atoms with E-state index in [-0.39, 0.29) is 18.6 Å². The fourth-order valence-corrected chi connectivity index (χ4v) is 2.57. The highest BCUT2D eigenvalue weighted by molar-refractivity contribution is 7.58. The van der Waals surface area contributed by atoms with Gasteiger partial charge in [0.25, 0.3) is 0 Å². The Morgan fingerprint density at radius 3 is 2.74 bits per heavy atom. The van der Waals surface area contributed by atoms with Gasteiger partial charge in [-0.1, -0.05) is 23.2 Å². The molecule has 0 saturated heterocycles. The first-order valence-corrected chi connectivity index (χ1v) is 6.99. The number of carbonyl (C=O) groups is 1. The van der Waals surface area contributed by atoms with E-state index in [4.69, 9.17) is 27.9 Å². The predicted octanol–water partition coefficient (Wildman–Crippen LogP) is 4.08. The van der Waals surface area contributed by atoms with Gasteiger partial charge >= 0.3 is 0 Å². The van der Waals surface area contributed by atoms with E-state index < -0.39 is 0 Å². The average Bonchev–Trinajstić information content (AvgIpc) is 2.81. The van der Waals surface area contributed by atoms with E-state index >= 15 is 0 Å². The number of rotatable bonds is 4. The van der Waals surface area contributed by atoms with Crippen LogP contribution in [0.25, 0.3) is 0 Å². The molecule has 0 fully saturated rings. The van der Waals surface area contributed by atoms with E-state index in [9.17, 15) is 4.79 Å². The van der Waals surface area contributed by atoms with Crippen LogP contribution in [0.15, 0.2) is 14.8 Å². The van der Waals surface area contributed by atoms with E-state index in [1.54, 1.807) is 0 Å². The summed E-state index contributed by atoms with van der Waals surface area (Å²) in [5.41, 5.74) is 1.42. The van der Waals surface area contributed by atoms with Crippen LogP contribution in [0.5, 0.6) is 0 Å². The Morgan fingerprint density at radius 2 is 2.05 bits per heavy atom. The van der Waals surface area contributed by atoms with Crippen molar-refractivity contribution in [3.05, 3.63) is 16.1 Å². The van der Waals surface area contributed by atoms with Gasteiger partial charge < -0.3 is 10.1 Å². The van der Waals surface area contributed by atoms with E-state index in [0.29, 0.717) is 27.1 Å². The van der Waals surface area contributed by atoms with Gasteiger partial charge in [0, 0.05) is 0 Å². The molecule has 0 radical (unpaired) electrons. The molecule has 1 aliphatic heterocycles. The molecular weight excluding hydrogens is 309 g/mol. The summed E-state index contributed by atoms with van der Waals surface area (Å²) < 4.78 is 13.4. The Bertz CT molecular complexity index is 598. The third kappa shape index (κ3) is 3.33. The molecule has 0 bridgehead atoms. The molecule has 0 spiro atoms. The molecule has 102 valence electrons. The number of hydrogen-bond acceptors (Lipinski definition) is 4. The summed E-state index contributed by atoms with van der Waals surface area (Å²) in [7, 11) is 0.